The van der Waals surface area contributed by atoms with Gasteiger partial charge < -0.3 is 9.11 Å². The third-order valence-corrected chi connectivity index (χ3v) is 1.67. The topological polar surface area (TPSA) is 88.0 Å². The summed E-state index contributed by atoms with van der Waals surface area (Å²) < 4.78 is 38.1. The molecule has 2 aromatic rings. The Kier molecular flexibility index (Phi) is 4.70. The second-order valence-electron chi connectivity index (χ2n) is 2.92. The van der Waals surface area contributed by atoms with E-state index in [4.69, 9.17) is 17.5 Å². The highest BCUT2D eigenvalue weighted by Gasteiger charge is 2.06. The molecular weight excluding hydrogens is 244 g/mol. The molecule has 0 fully saturated rings. The van der Waals surface area contributed by atoms with Crippen LogP contribution in [0.1, 0.15) is 0 Å². The van der Waals surface area contributed by atoms with Crippen molar-refractivity contribution in [1.29, 1.82) is 0 Å². The average molecular weight is 254 g/mol. The molecule has 0 saturated heterocycles. The van der Waals surface area contributed by atoms with E-state index in [1.165, 1.54) is 0 Å². The van der Waals surface area contributed by atoms with Crippen LogP contribution in [-0.2, 0) is 10.4 Å². The van der Waals surface area contributed by atoms with Crippen molar-refractivity contribution < 1.29 is 26.9 Å². The molecule has 2 aromatic heterocycles. The van der Waals surface area contributed by atoms with Gasteiger partial charge in [-0.3, -0.25) is 8.42 Å². The van der Waals surface area contributed by atoms with Crippen molar-refractivity contribution in [3.63, 3.8) is 0 Å². The lowest BCUT2D eigenvalue weighted by atomic mass is 10.5. The van der Waals surface area contributed by atoms with Gasteiger partial charge in [0.1, 0.15) is 0 Å². The van der Waals surface area contributed by atoms with Gasteiger partial charge in [0.15, 0.2) is 0 Å². The van der Waals surface area contributed by atoms with Crippen LogP contribution >= 0.6 is 0 Å². The van der Waals surface area contributed by atoms with Crippen LogP contribution in [0.25, 0.3) is 0 Å². The van der Waals surface area contributed by atoms with E-state index >= 15 is 0 Å². The van der Waals surface area contributed by atoms with Gasteiger partial charge in [-0.05, 0) is 12.1 Å². The Morgan fingerprint density at radius 2 is 0.882 bits per heavy atom. The van der Waals surface area contributed by atoms with E-state index in [2.05, 4.69) is 0 Å². The summed E-state index contributed by atoms with van der Waals surface area (Å²) in [5.41, 5.74) is 0. The summed E-state index contributed by atoms with van der Waals surface area (Å²) >= 11 is 0. The highest BCUT2D eigenvalue weighted by atomic mass is 32.3. The highest BCUT2D eigenvalue weighted by molar-refractivity contribution is 7.79. The summed E-state index contributed by atoms with van der Waals surface area (Å²) in [5, 5.41) is 0. The van der Waals surface area contributed by atoms with Crippen LogP contribution in [0.2, 0.25) is 0 Å². The monoisotopic (exact) mass is 254 g/mol. The van der Waals surface area contributed by atoms with E-state index in [1.54, 1.807) is 0 Å². The molecule has 2 heterocycles. The first-order valence-corrected chi connectivity index (χ1v) is 5.90. The fraction of sp³-hybridized carbons (Fsp3) is 0. The Labute approximate surface area is 99.0 Å². The van der Waals surface area contributed by atoms with Crippen LogP contribution in [-0.4, -0.2) is 17.5 Å². The zero-order valence-electron chi connectivity index (χ0n) is 8.71. The molecule has 0 aliphatic carbocycles. The molecule has 6 nitrogen and oxygen atoms in total. The van der Waals surface area contributed by atoms with Gasteiger partial charge in [-0.2, -0.15) is 0 Å². The first-order valence-electron chi connectivity index (χ1n) is 4.57. The second kappa shape index (κ2) is 6.04. The van der Waals surface area contributed by atoms with Crippen molar-refractivity contribution in [2.45, 2.75) is 0 Å². The smallest absolute Gasteiger partial charge is 0.242 e. The Balaban J connectivity index is 0.000000249. The molecule has 0 aliphatic heterocycles. The Morgan fingerprint density at radius 3 is 1.12 bits per heavy atom. The van der Waals surface area contributed by atoms with Crippen LogP contribution in [0.3, 0.4) is 0 Å². The van der Waals surface area contributed by atoms with E-state index in [0.29, 0.717) is 0 Å². The standard InChI is InChI=1S/C10H10N2.H2O4S/c1-3-7-11(8-4-1)12-9-5-2-6-10-12;1-5(2,3)4/h1-10H;(H2,1,2,3,4)/q+2;/p-2. The van der Waals surface area contributed by atoms with Gasteiger partial charge >= 0.3 is 0 Å². The zero-order valence-corrected chi connectivity index (χ0v) is 9.53. The summed E-state index contributed by atoms with van der Waals surface area (Å²) in [6, 6.07) is 12.0. The zero-order chi connectivity index (χ0) is 12.7. The van der Waals surface area contributed by atoms with Crippen LogP contribution in [0.4, 0.5) is 0 Å². The first kappa shape index (κ1) is 13.2. The Hall–Kier alpha value is -1.83. The maximum absolute atomic E-state index is 8.52. The maximum atomic E-state index is 8.52. The van der Waals surface area contributed by atoms with Crippen molar-refractivity contribution in [3.8, 4) is 0 Å². The van der Waals surface area contributed by atoms with E-state index < -0.39 is 10.4 Å². The van der Waals surface area contributed by atoms with Gasteiger partial charge in [-0.25, -0.2) is 0 Å². The minimum absolute atomic E-state index is 2.00. The number of aromatic nitrogens is 2. The molecule has 0 N–H and O–H groups in total. The van der Waals surface area contributed by atoms with Gasteiger partial charge in [0.2, 0.25) is 24.8 Å². The molecule has 0 radical (unpaired) electrons. The van der Waals surface area contributed by atoms with Gasteiger partial charge in [0.05, 0.1) is 9.35 Å². The predicted octanol–water partition coefficient (Wildman–Crippen LogP) is -0.765. The molecule has 0 aliphatic rings. The summed E-state index contributed by atoms with van der Waals surface area (Å²) in [6.07, 6.45) is 8.00. The molecular formula is C10H10N2O4S. The largest absolute Gasteiger partial charge is 0.759 e. The Morgan fingerprint density at radius 1 is 0.647 bits per heavy atom. The van der Waals surface area contributed by atoms with Gasteiger partial charge in [0, 0.05) is 34.7 Å². The number of hydrogen-bond acceptors (Lipinski definition) is 4. The average Bonchev–Trinajstić information content (AvgIpc) is 2.29. The molecule has 90 valence electrons. The van der Waals surface area contributed by atoms with Crippen molar-refractivity contribution in [3.05, 3.63) is 61.2 Å². The molecule has 0 aromatic carbocycles. The van der Waals surface area contributed by atoms with Crippen LogP contribution in [0.5, 0.6) is 0 Å². The lowest BCUT2D eigenvalue weighted by Gasteiger charge is -2.06. The van der Waals surface area contributed by atoms with Gasteiger partial charge in [-0.1, -0.05) is 0 Å². The number of pyridine rings is 2. The van der Waals surface area contributed by atoms with Crippen LogP contribution < -0.4 is 9.35 Å². The summed E-state index contributed by atoms with van der Waals surface area (Å²) in [7, 11) is -5.17. The van der Waals surface area contributed by atoms with Crippen molar-refractivity contribution in [2.75, 3.05) is 0 Å². The minimum atomic E-state index is -5.17. The molecule has 2 rings (SSSR count). The molecule has 0 spiro atoms. The number of hydrogen-bond donors (Lipinski definition) is 0. The van der Waals surface area contributed by atoms with E-state index in [9.17, 15) is 0 Å². The van der Waals surface area contributed by atoms with Crippen molar-refractivity contribution >= 4 is 10.4 Å². The van der Waals surface area contributed by atoms with E-state index in [0.717, 1.165) is 0 Å². The normalized spacial score (nSPS) is 10.2. The van der Waals surface area contributed by atoms with Gasteiger partial charge in [0.25, 0.3) is 0 Å². The quantitative estimate of drug-likeness (QED) is 0.380. The van der Waals surface area contributed by atoms with E-state index in [1.807, 2.05) is 70.5 Å². The molecule has 0 amide bonds. The first-order chi connectivity index (χ1) is 7.97. The lowest BCUT2D eigenvalue weighted by molar-refractivity contribution is -1.30. The third kappa shape index (κ3) is 6.36. The fourth-order valence-electron chi connectivity index (χ4n) is 1.09. The highest BCUT2D eigenvalue weighted by Crippen LogP contribution is 1.76. The van der Waals surface area contributed by atoms with Crippen LogP contribution in [0.15, 0.2) is 61.2 Å². The molecule has 7 heteroatoms. The van der Waals surface area contributed by atoms with Crippen molar-refractivity contribution in [2.24, 2.45) is 0 Å². The van der Waals surface area contributed by atoms with Gasteiger partial charge in [-0.15, -0.1) is 0 Å². The third-order valence-electron chi connectivity index (χ3n) is 1.67. The lowest BCUT2D eigenvalue weighted by Crippen LogP contribution is -2.65. The summed E-state index contributed by atoms with van der Waals surface area (Å²) in [6.45, 7) is 0. The minimum Gasteiger partial charge on any atom is -0.759 e. The van der Waals surface area contributed by atoms with Crippen molar-refractivity contribution in [1.82, 2.24) is 0 Å². The predicted molar refractivity (Wildman–Crippen MR) is 54.5 cm³/mol. The second-order valence-corrected chi connectivity index (χ2v) is 3.74. The van der Waals surface area contributed by atoms with Crippen LogP contribution in [0, 0.1) is 0 Å². The van der Waals surface area contributed by atoms with E-state index in [-0.39, 0.29) is 0 Å². The number of nitrogens with zero attached hydrogens (tertiary/aromatic N) is 2. The fourth-order valence-corrected chi connectivity index (χ4v) is 1.09. The Bertz CT molecular complexity index is 498. The molecule has 0 bridgehead atoms. The molecule has 0 unspecified atom stereocenters. The SMILES string of the molecule is O=S(=O)([O-])[O-].c1cc[n+](-[n+]2ccccc2)cc1. The molecule has 0 saturated carbocycles. The number of rotatable bonds is 1. The summed E-state index contributed by atoms with van der Waals surface area (Å²) in [4.78, 5) is 0. The molecule has 17 heavy (non-hydrogen) atoms. The molecule has 0 atom stereocenters. The maximum Gasteiger partial charge on any atom is 0.242 e. The summed E-state index contributed by atoms with van der Waals surface area (Å²) in [5.74, 6) is 0.